The van der Waals surface area contributed by atoms with Crippen molar-refractivity contribution in [2.45, 2.75) is 19.7 Å². The van der Waals surface area contributed by atoms with Crippen LogP contribution < -0.4 is 5.69 Å². The van der Waals surface area contributed by atoms with Gasteiger partial charge in [-0.25, -0.2) is 4.79 Å². The highest BCUT2D eigenvalue weighted by Gasteiger charge is 2.18. The molecule has 1 aliphatic heterocycles. The Labute approximate surface area is 104 Å². The van der Waals surface area contributed by atoms with E-state index >= 15 is 0 Å². The zero-order valence-corrected chi connectivity index (χ0v) is 10.3. The van der Waals surface area contributed by atoms with Crippen LogP contribution in [0.4, 0.5) is 0 Å². The first-order valence-corrected chi connectivity index (χ1v) is 6.12. The number of aromatic nitrogens is 3. The maximum absolute atomic E-state index is 12.1. The molecule has 0 bridgehead atoms. The van der Waals surface area contributed by atoms with E-state index < -0.39 is 0 Å². The van der Waals surface area contributed by atoms with Crippen molar-refractivity contribution in [2.24, 2.45) is 0 Å². The van der Waals surface area contributed by atoms with Gasteiger partial charge in [-0.2, -0.15) is 4.68 Å². The number of rotatable bonds is 2. The van der Waals surface area contributed by atoms with E-state index in [0.717, 1.165) is 13.1 Å². The van der Waals surface area contributed by atoms with E-state index in [1.807, 2.05) is 25.1 Å². The lowest BCUT2D eigenvalue weighted by atomic mass is 10.3. The topological polar surface area (TPSA) is 51.8 Å². The fourth-order valence-electron chi connectivity index (χ4n) is 2.27. The van der Waals surface area contributed by atoms with Crippen LogP contribution in [0.15, 0.2) is 29.2 Å². The van der Waals surface area contributed by atoms with Crippen molar-refractivity contribution in [1.82, 2.24) is 19.1 Å². The third-order valence-corrected chi connectivity index (χ3v) is 3.15. The van der Waals surface area contributed by atoms with Crippen molar-refractivity contribution in [3.05, 3.63) is 34.9 Å². The highest BCUT2D eigenvalue weighted by molar-refractivity contribution is 5.35. The Morgan fingerprint density at radius 3 is 3.17 bits per heavy atom. The summed E-state index contributed by atoms with van der Waals surface area (Å²) in [5.74, 6) is 0. The first-order chi connectivity index (χ1) is 8.74. The summed E-state index contributed by atoms with van der Waals surface area (Å²) in [6, 6.07) is 5.54. The monoisotopic (exact) mass is 248 g/mol. The van der Waals surface area contributed by atoms with Crippen molar-refractivity contribution in [3.8, 4) is 0 Å². The standard InChI is InChI=1S/C12H16N4O2/c1-10-8-14(6-7-18-10)9-16-12(17)15-5-3-2-4-11(15)13-16/h2-5,10H,6-9H2,1H3/t10-/m0/s1. The van der Waals surface area contributed by atoms with Crippen molar-refractivity contribution < 1.29 is 4.74 Å². The lowest BCUT2D eigenvalue weighted by Gasteiger charge is -2.30. The molecule has 1 atom stereocenters. The highest BCUT2D eigenvalue weighted by atomic mass is 16.5. The van der Waals surface area contributed by atoms with E-state index in [9.17, 15) is 4.79 Å². The smallest absolute Gasteiger partial charge is 0.351 e. The largest absolute Gasteiger partial charge is 0.376 e. The van der Waals surface area contributed by atoms with Crippen molar-refractivity contribution >= 4 is 5.65 Å². The van der Waals surface area contributed by atoms with Crippen molar-refractivity contribution in [3.63, 3.8) is 0 Å². The number of morpholine rings is 1. The number of fused-ring (bicyclic) bond motifs is 1. The minimum Gasteiger partial charge on any atom is -0.376 e. The van der Waals surface area contributed by atoms with E-state index in [2.05, 4.69) is 10.00 Å². The van der Waals surface area contributed by atoms with Gasteiger partial charge in [0.05, 0.1) is 19.4 Å². The minimum atomic E-state index is -0.0928. The van der Waals surface area contributed by atoms with Gasteiger partial charge in [0.1, 0.15) is 0 Å². The molecule has 3 heterocycles. The van der Waals surface area contributed by atoms with Gasteiger partial charge in [-0.3, -0.25) is 9.30 Å². The molecule has 1 saturated heterocycles. The lowest BCUT2D eigenvalue weighted by molar-refractivity contribution is -0.0308. The molecule has 6 heteroatoms. The van der Waals surface area contributed by atoms with Crippen LogP contribution in [0.1, 0.15) is 6.92 Å². The first kappa shape index (κ1) is 11.4. The van der Waals surface area contributed by atoms with Crippen LogP contribution in [0.3, 0.4) is 0 Å². The van der Waals surface area contributed by atoms with Gasteiger partial charge in [0.15, 0.2) is 5.65 Å². The van der Waals surface area contributed by atoms with Crippen LogP contribution in [0.25, 0.3) is 5.65 Å². The van der Waals surface area contributed by atoms with Gasteiger partial charge in [0.25, 0.3) is 0 Å². The molecule has 2 aromatic heterocycles. The fourth-order valence-corrected chi connectivity index (χ4v) is 2.27. The molecule has 6 nitrogen and oxygen atoms in total. The molecule has 0 radical (unpaired) electrons. The molecule has 0 spiro atoms. The zero-order valence-electron chi connectivity index (χ0n) is 10.3. The Morgan fingerprint density at radius 2 is 2.39 bits per heavy atom. The van der Waals surface area contributed by atoms with Gasteiger partial charge < -0.3 is 4.74 Å². The predicted molar refractivity (Wildman–Crippen MR) is 66.4 cm³/mol. The van der Waals surface area contributed by atoms with Crippen molar-refractivity contribution in [2.75, 3.05) is 19.7 Å². The molecule has 0 unspecified atom stereocenters. The lowest BCUT2D eigenvalue weighted by Crippen LogP contribution is -2.43. The van der Waals surface area contributed by atoms with Crippen molar-refractivity contribution in [1.29, 1.82) is 0 Å². The van der Waals surface area contributed by atoms with E-state index in [1.54, 1.807) is 10.6 Å². The van der Waals surface area contributed by atoms with Gasteiger partial charge in [0, 0.05) is 19.3 Å². The zero-order chi connectivity index (χ0) is 12.5. The Morgan fingerprint density at radius 1 is 1.50 bits per heavy atom. The van der Waals surface area contributed by atoms with E-state index in [4.69, 9.17) is 4.74 Å². The van der Waals surface area contributed by atoms with Gasteiger partial charge in [0.2, 0.25) is 0 Å². The van der Waals surface area contributed by atoms with Gasteiger partial charge in [-0.15, -0.1) is 5.10 Å². The van der Waals surface area contributed by atoms with Crippen LogP contribution >= 0.6 is 0 Å². The van der Waals surface area contributed by atoms with Gasteiger partial charge in [-0.05, 0) is 19.1 Å². The summed E-state index contributed by atoms with van der Waals surface area (Å²) < 4.78 is 8.55. The molecular weight excluding hydrogens is 232 g/mol. The second kappa shape index (κ2) is 4.55. The predicted octanol–water partition coefficient (Wildman–Crippen LogP) is 0.174. The molecule has 0 amide bonds. The fraction of sp³-hybridized carbons (Fsp3) is 0.500. The molecule has 0 N–H and O–H groups in total. The minimum absolute atomic E-state index is 0.0928. The molecule has 1 fully saturated rings. The maximum Gasteiger partial charge on any atom is 0.351 e. The molecule has 3 rings (SSSR count). The third-order valence-electron chi connectivity index (χ3n) is 3.15. The molecular formula is C12H16N4O2. The second-order valence-electron chi connectivity index (χ2n) is 4.61. The molecule has 96 valence electrons. The summed E-state index contributed by atoms with van der Waals surface area (Å²) in [5, 5.41) is 4.32. The second-order valence-corrected chi connectivity index (χ2v) is 4.61. The number of nitrogens with zero attached hydrogens (tertiary/aromatic N) is 4. The van der Waals surface area contributed by atoms with Crippen LogP contribution in [0.5, 0.6) is 0 Å². The Bertz CT molecular complexity index is 603. The maximum atomic E-state index is 12.1. The normalized spacial score (nSPS) is 21.5. The first-order valence-electron chi connectivity index (χ1n) is 6.12. The van der Waals surface area contributed by atoms with Gasteiger partial charge >= 0.3 is 5.69 Å². The number of hydrogen-bond donors (Lipinski definition) is 0. The number of ether oxygens (including phenoxy) is 1. The highest BCUT2D eigenvalue weighted by Crippen LogP contribution is 2.05. The average Bonchev–Trinajstić information content (AvgIpc) is 2.67. The van der Waals surface area contributed by atoms with E-state index in [1.165, 1.54) is 4.68 Å². The van der Waals surface area contributed by atoms with E-state index in [-0.39, 0.29) is 11.8 Å². The third kappa shape index (κ3) is 2.04. The Hall–Kier alpha value is -1.66. The summed E-state index contributed by atoms with van der Waals surface area (Å²) in [7, 11) is 0. The number of hydrogen-bond acceptors (Lipinski definition) is 4. The quantitative estimate of drug-likeness (QED) is 0.760. The molecule has 0 aliphatic carbocycles. The SMILES string of the molecule is C[C@H]1CN(Cn2nc3ccccn3c2=O)CCO1. The van der Waals surface area contributed by atoms with Crippen LogP contribution in [-0.4, -0.2) is 44.9 Å². The van der Waals surface area contributed by atoms with Crippen LogP contribution in [0.2, 0.25) is 0 Å². The van der Waals surface area contributed by atoms with Crippen LogP contribution in [-0.2, 0) is 11.4 Å². The van der Waals surface area contributed by atoms with Gasteiger partial charge in [-0.1, -0.05) is 6.07 Å². The summed E-state index contributed by atoms with van der Waals surface area (Å²) in [6.07, 6.45) is 1.95. The summed E-state index contributed by atoms with van der Waals surface area (Å²) in [6.45, 7) is 4.95. The Balaban J connectivity index is 1.86. The molecule has 2 aromatic rings. The summed E-state index contributed by atoms with van der Waals surface area (Å²) in [5.41, 5.74) is 0.591. The van der Waals surface area contributed by atoms with E-state index in [0.29, 0.717) is 18.9 Å². The molecule has 18 heavy (non-hydrogen) atoms. The Kier molecular flexibility index (Phi) is 2.89. The summed E-state index contributed by atoms with van der Waals surface area (Å²) in [4.78, 5) is 14.3. The van der Waals surface area contributed by atoms with Crippen LogP contribution in [0, 0.1) is 0 Å². The average molecular weight is 248 g/mol. The molecule has 1 aliphatic rings. The summed E-state index contributed by atoms with van der Waals surface area (Å²) >= 11 is 0. The molecule has 0 saturated carbocycles. The molecule has 0 aromatic carbocycles. The number of pyridine rings is 1.